The highest BCUT2D eigenvalue weighted by Gasteiger charge is 2.13. The van der Waals surface area contributed by atoms with E-state index in [1.807, 2.05) is 13.0 Å². The zero-order valence-electron chi connectivity index (χ0n) is 13.3. The second kappa shape index (κ2) is 7.31. The van der Waals surface area contributed by atoms with Crippen LogP contribution in [0.25, 0.3) is 11.3 Å². The summed E-state index contributed by atoms with van der Waals surface area (Å²) >= 11 is 12.4. The van der Waals surface area contributed by atoms with Crippen LogP contribution in [0.3, 0.4) is 0 Å². The van der Waals surface area contributed by atoms with E-state index in [2.05, 4.69) is 5.32 Å². The Kier molecular flexibility index (Phi) is 5.13. The van der Waals surface area contributed by atoms with Gasteiger partial charge >= 0.3 is 0 Å². The lowest BCUT2D eigenvalue weighted by molar-refractivity contribution is 0.102. The number of aryl methyl sites for hydroxylation is 1. The van der Waals surface area contributed by atoms with Crippen LogP contribution in [0.4, 0.5) is 5.69 Å². The van der Waals surface area contributed by atoms with Crippen molar-refractivity contribution in [3.8, 4) is 11.3 Å². The lowest BCUT2D eigenvalue weighted by Gasteiger charge is -2.09. The van der Waals surface area contributed by atoms with E-state index in [-0.39, 0.29) is 12.5 Å². The minimum atomic E-state index is -0.311. The molecule has 0 aliphatic heterocycles. The summed E-state index contributed by atoms with van der Waals surface area (Å²) in [6.45, 7) is 1.73. The van der Waals surface area contributed by atoms with Gasteiger partial charge in [0.25, 0.3) is 5.91 Å². The van der Waals surface area contributed by atoms with Crippen LogP contribution in [0, 0.1) is 6.92 Å². The van der Waals surface area contributed by atoms with E-state index in [1.165, 1.54) is 0 Å². The summed E-state index contributed by atoms with van der Waals surface area (Å²) < 4.78 is 5.48. The van der Waals surface area contributed by atoms with E-state index in [4.69, 9.17) is 32.7 Å². The Hall–Kier alpha value is -2.27. The molecule has 0 unspecified atom stereocenters. The van der Waals surface area contributed by atoms with Gasteiger partial charge < -0.3 is 14.8 Å². The predicted molar refractivity (Wildman–Crippen MR) is 99.2 cm³/mol. The number of hydrogen-bond acceptors (Lipinski definition) is 3. The molecule has 0 atom stereocenters. The highest BCUT2D eigenvalue weighted by molar-refractivity contribution is 6.35. The molecular weight excluding hydrogens is 361 g/mol. The van der Waals surface area contributed by atoms with E-state index in [0.29, 0.717) is 38.4 Å². The van der Waals surface area contributed by atoms with Crippen molar-refractivity contribution in [2.75, 3.05) is 5.32 Å². The van der Waals surface area contributed by atoms with Crippen LogP contribution >= 0.6 is 23.2 Å². The second-order valence-electron chi connectivity index (χ2n) is 5.56. The van der Waals surface area contributed by atoms with E-state index >= 15 is 0 Å². The van der Waals surface area contributed by atoms with Crippen molar-refractivity contribution in [1.82, 2.24) is 0 Å². The van der Waals surface area contributed by atoms with Crippen molar-refractivity contribution in [1.29, 1.82) is 0 Å². The quantitative estimate of drug-likeness (QED) is 0.649. The average molecular weight is 376 g/mol. The number of halogens is 2. The second-order valence-corrected chi connectivity index (χ2v) is 6.37. The molecule has 1 heterocycles. The Morgan fingerprint density at radius 2 is 1.88 bits per heavy atom. The van der Waals surface area contributed by atoms with E-state index in [1.54, 1.807) is 42.5 Å². The molecule has 6 heteroatoms. The Bertz CT molecular complexity index is 934. The third-order valence-corrected chi connectivity index (χ3v) is 4.30. The molecule has 0 aliphatic carbocycles. The summed E-state index contributed by atoms with van der Waals surface area (Å²) in [6, 6.07) is 13.8. The smallest absolute Gasteiger partial charge is 0.257 e. The van der Waals surface area contributed by atoms with Gasteiger partial charge in [-0.05, 0) is 55.0 Å². The Morgan fingerprint density at radius 1 is 1.08 bits per heavy atom. The summed E-state index contributed by atoms with van der Waals surface area (Å²) in [5, 5.41) is 12.7. The number of amides is 1. The zero-order chi connectivity index (χ0) is 18.0. The molecule has 2 N–H and O–H groups in total. The number of hydrogen-bond donors (Lipinski definition) is 2. The first-order valence-corrected chi connectivity index (χ1v) is 8.30. The number of furan rings is 1. The van der Waals surface area contributed by atoms with E-state index in [9.17, 15) is 4.79 Å². The molecule has 0 saturated carbocycles. The monoisotopic (exact) mass is 375 g/mol. The first kappa shape index (κ1) is 17.5. The lowest BCUT2D eigenvalue weighted by atomic mass is 10.1. The van der Waals surface area contributed by atoms with Crippen LogP contribution in [-0.2, 0) is 6.61 Å². The number of anilines is 1. The van der Waals surface area contributed by atoms with Gasteiger partial charge in [0, 0.05) is 11.3 Å². The molecule has 3 aromatic rings. The van der Waals surface area contributed by atoms with Crippen molar-refractivity contribution in [3.63, 3.8) is 0 Å². The molecule has 3 rings (SSSR count). The molecule has 0 bridgehead atoms. The third kappa shape index (κ3) is 3.87. The fourth-order valence-corrected chi connectivity index (χ4v) is 3.00. The van der Waals surface area contributed by atoms with Crippen LogP contribution < -0.4 is 5.32 Å². The standard InChI is InChI=1S/C19H15Cl2NO3/c1-11-2-5-15(16(20)8-11)19(24)22-12-3-6-14(17(21)9-12)18-7-4-13(10-23)25-18/h2-9,23H,10H2,1H3,(H,22,24). The molecule has 4 nitrogen and oxygen atoms in total. The van der Waals surface area contributed by atoms with Gasteiger partial charge in [0.1, 0.15) is 18.1 Å². The summed E-state index contributed by atoms with van der Waals surface area (Å²) in [6.07, 6.45) is 0. The van der Waals surface area contributed by atoms with E-state index in [0.717, 1.165) is 5.56 Å². The largest absolute Gasteiger partial charge is 0.459 e. The fourth-order valence-electron chi connectivity index (χ4n) is 2.40. The third-order valence-electron chi connectivity index (χ3n) is 3.68. The molecule has 128 valence electrons. The number of aliphatic hydroxyl groups excluding tert-OH is 1. The summed E-state index contributed by atoms with van der Waals surface area (Å²) in [5.41, 5.74) is 2.60. The van der Waals surface area contributed by atoms with Gasteiger partial charge in [0.15, 0.2) is 0 Å². The highest BCUT2D eigenvalue weighted by atomic mass is 35.5. The van der Waals surface area contributed by atoms with Crippen LogP contribution in [0.2, 0.25) is 10.0 Å². The lowest BCUT2D eigenvalue weighted by Crippen LogP contribution is -2.12. The minimum absolute atomic E-state index is 0.178. The number of nitrogens with one attached hydrogen (secondary N) is 1. The summed E-state index contributed by atoms with van der Waals surface area (Å²) in [5.74, 6) is 0.695. The summed E-state index contributed by atoms with van der Waals surface area (Å²) in [4.78, 5) is 12.4. The van der Waals surface area contributed by atoms with Crippen LogP contribution in [0.5, 0.6) is 0 Å². The van der Waals surface area contributed by atoms with Crippen molar-refractivity contribution < 1.29 is 14.3 Å². The van der Waals surface area contributed by atoms with Gasteiger partial charge in [-0.15, -0.1) is 0 Å². The highest BCUT2D eigenvalue weighted by Crippen LogP contribution is 2.32. The first-order valence-electron chi connectivity index (χ1n) is 7.55. The van der Waals surface area contributed by atoms with Gasteiger partial charge in [0.2, 0.25) is 0 Å². The maximum atomic E-state index is 12.4. The molecule has 0 fully saturated rings. The number of carbonyl (C=O) groups is 1. The van der Waals surface area contributed by atoms with Crippen molar-refractivity contribution in [2.45, 2.75) is 13.5 Å². The Balaban J connectivity index is 1.82. The topological polar surface area (TPSA) is 62.5 Å². The predicted octanol–water partition coefficient (Wildman–Crippen LogP) is 5.31. The molecule has 0 spiro atoms. The number of rotatable bonds is 4. The molecule has 25 heavy (non-hydrogen) atoms. The Labute approximate surface area is 155 Å². The molecule has 0 radical (unpaired) electrons. The van der Waals surface area contributed by atoms with Gasteiger partial charge in [-0.2, -0.15) is 0 Å². The van der Waals surface area contributed by atoms with Crippen molar-refractivity contribution in [3.05, 3.63) is 75.5 Å². The Morgan fingerprint density at radius 3 is 2.52 bits per heavy atom. The van der Waals surface area contributed by atoms with Gasteiger partial charge in [-0.1, -0.05) is 29.3 Å². The number of carbonyl (C=O) groups excluding carboxylic acids is 1. The van der Waals surface area contributed by atoms with Crippen molar-refractivity contribution in [2.24, 2.45) is 0 Å². The first-order chi connectivity index (χ1) is 12.0. The molecule has 2 aromatic carbocycles. The SMILES string of the molecule is Cc1ccc(C(=O)Nc2ccc(-c3ccc(CO)o3)c(Cl)c2)c(Cl)c1. The van der Waals surface area contributed by atoms with Crippen LogP contribution in [0.1, 0.15) is 21.7 Å². The van der Waals surface area contributed by atoms with Crippen molar-refractivity contribution >= 4 is 34.8 Å². The zero-order valence-corrected chi connectivity index (χ0v) is 14.9. The maximum Gasteiger partial charge on any atom is 0.257 e. The number of benzene rings is 2. The van der Waals surface area contributed by atoms with Gasteiger partial charge in [-0.25, -0.2) is 0 Å². The van der Waals surface area contributed by atoms with Crippen LogP contribution in [0.15, 0.2) is 52.9 Å². The molecule has 0 saturated heterocycles. The van der Waals surface area contributed by atoms with E-state index < -0.39 is 0 Å². The fraction of sp³-hybridized carbons (Fsp3) is 0.105. The average Bonchev–Trinajstić information content (AvgIpc) is 3.03. The molecule has 0 aliphatic rings. The summed E-state index contributed by atoms with van der Waals surface area (Å²) in [7, 11) is 0. The number of aliphatic hydroxyl groups is 1. The molecule has 1 aromatic heterocycles. The molecule has 1 amide bonds. The molecular formula is C19H15Cl2NO3. The minimum Gasteiger partial charge on any atom is -0.459 e. The van der Waals surface area contributed by atoms with Crippen LogP contribution in [-0.4, -0.2) is 11.0 Å². The van der Waals surface area contributed by atoms with Gasteiger partial charge in [-0.3, -0.25) is 4.79 Å². The maximum absolute atomic E-state index is 12.4. The van der Waals surface area contributed by atoms with Gasteiger partial charge in [0.05, 0.1) is 15.6 Å². The normalized spacial score (nSPS) is 10.7.